The van der Waals surface area contributed by atoms with Gasteiger partial charge in [-0.2, -0.15) is 0 Å². The van der Waals surface area contributed by atoms with Gasteiger partial charge in [0.1, 0.15) is 5.75 Å². The van der Waals surface area contributed by atoms with Crippen LogP contribution in [0.1, 0.15) is 42.1 Å². The predicted molar refractivity (Wildman–Crippen MR) is 67.8 cm³/mol. The first kappa shape index (κ1) is 13.3. The molecular formula is C14H18O3. The lowest BCUT2D eigenvalue weighted by Gasteiger charge is -2.13. The molecule has 0 aliphatic rings. The van der Waals surface area contributed by atoms with Crippen molar-refractivity contribution in [2.75, 3.05) is 7.11 Å². The normalized spacial score (nSPS) is 12.6. The molecule has 0 fully saturated rings. The minimum Gasteiger partial charge on any atom is -0.496 e. The van der Waals surface area contributed by atoms with Crippen LogP contribution in [0.25, 0.3) is 0 Å². The number of benzene rings is 1. The molecule has 0 aromatic heterocycles. The third-order valence-corrected chi connectivity index (χ3v) is 2.63. The van der Waals surface area contributed by atoms with E-state index in [-0.39, 0.29) is 11.5 Å². The van der Waals surface area contributed by atoms with Crippen molar-refractivity contribution in [1.29, 1.82) is 0 Å². The molecule has 0 heterocycles. The highest BCUT2D eigenvalue weighted by Gasteiger charge is 2.12. The smallest absolute Gasteiger partial charge is 0.335 e. The van der Waals surface area contributed by atoms with E-state index in [9.17, 15) is 4.79 Å². The highest BCUT2D eigenvalue weighted by atomic mass is 16.5. The van der Waals surface area contributed by atoms with Gasteiger partial charge in [-0.15, -0.1) is 0 Å². The highest BCUT2D eigenvalue weighted by Crippen LogP contribution is 2.28. The average molecular weight is 234 g/mol. The van der Waals surface area contributed by atoms with Gasteiger partial charge in [-0.1, -0.05) is 26.0 Å². The zero-order chi connectivity index (χ0) is 12.8. The van der Waals surface area contributed by atoms with Gasteiger partial charge in [-0.25, -0.2) is 4.79 Å². The summed E-state index contributed by atoms with van der Waals surface area (Å²) in [6.45, 7) is 4.09. The summed E-state index contributed by atoms with van der Waals surface area (Å²) >= 11 is 0. The summed E-state index contributed by atoms with van der Waals surface area (Å²) in [6, 6.07) is 4.93. The maximum absolute atomic E-state index is 10.9. The molecule has 0 radical (unpaired) electrons. The summed E-state index contributed by atoms with van der Waals surface area (Å²) in [7, 11) is 1.59. The maximum Gasteiger partial charge on any atom is 0.335 e. The van der Waals surface area contributed by atoms with Gasteiger partial charge < -0.3 is 9.84 Å². The Morgan fingerprint density at radius 2 is 2.24 bits per heavy atom. The van der Waals surface area contributed by atoms with Gasteiger partial charge in [0.25, 0.3) is 0 Å². The van der Waals surface area contributed by atoms with Crippen molar-refractivity contribution in [3.63, 3.8) is 0 Å². The quantitative estimate of drug-likeness (QED) is 0.793. The fourth-order valence-electron chi connectivity index (χ4n) is 1.67. The van der Waals surface area contributed by atoms with Gasteiger partial charge >= 0.3 is 5.97 Å². The van der Waals surface area contributed by atoms with Crippen LogP contribution in [-0.2, 0) is 0 Å². The molecule has 17 heavy (non-hydrogen) atoms. The van der Waals surface area contributed by atoms with E-state index in [0.29, 0.717) is 0 Å². The van der Waals surface area contributed by atoms with Crippen LogP contribution in [0, 0.1) is 0 Å². The van der Waals surface area contributed by atoms with Gasteiger partial charge in [-0.05, 0) is 24.6 Å². The number of aromatic carboxylic acids is 1. The first-order valence-electron chi connectivity index (χ1n) is 5.68. The van der Waals surface area contributed by atoms with Gasteiger partial charge in [0.2, 0.25) is 0 Å². The Labute approximate surface area is 102 Å². The SMILES string of the molecule is CCC=CC(C)c1cc(C(=O)O)ccc1OC. The Kier molecular flexibility index (Phi) is 4.76. The Morgan fingerprint density at radius 1 is 1.53 bits per heavy atom. The van der Waals surface area contributed by atoms with Gasteiger partial charge in [0.15, 0.2) is 0 Å². The molecular weight excluding hydrogens is 216 g/mol. The summed E-state index contributed by atoms with van der Waals surface area (Å²) in [5, 5.41) is 8.97. The summed E-state index contributed by atoms with van der Waals surface area (Å²) in [6.07, 6.45) is 5.09. The molecule has 0 saturated carbocycles. The molecule has 3 heteroatoms. The van der Waals surface area contributed by atoms with E-state index in [0.717, 1.165) is 17.7 Å². The van der Waals surface area contributed by atoms with Gasteiger partial charge in [-0.3, -0.25) is 0 Å². The lowest BCUT2D eigenvalue weighted by Crippen LogP contribution is -2.01. The first-order valence-corrected chi connectivity index (χ1v) is 5.68. The van der Waals surface area contributed by atoms with E-state index in [2.05, 4.69) is 19.1 Å². The summed E-state index contributed by atoms with van der Waals surface area (Å²) in [5.74, 6) is -0.0481. The zero-order valence-corrected chi connectivity index (χ0v) is 10.4. The number of ether oxygens (including phenoxy) is 1. The monoisotopic (exact) mass is 234 g/mol. The number of carboxylic acids is 1. The van der Waals surface area contributed by atoms with E-state index in [1.54, 1.807) is 25.3 Å². The number of allylic oxidation sites excluding steroid dienone is 2. The third-order valence-electron chi connectivity index (χ3n) is 2.63. The van der Waals surface area contributed by atoms with Crippen LogP contribution in [0.5, 0.6) is 5.75 Å². The Hall–Kier alpha value is -1.77. The summed E-state index contributed by atoms with van der Waals surface area (Å²) in [5.41, 5.74) is 1.19. The molecule has 0 saturated heterocycles. The van der Waals surface area contributed by atoms with E-state index in [4.69, 9.17) is 9.84 Å². The van der Waals surface area contributed by atoms with Crippen molar-refractivity contribution in [2.45, 2.75) is 26.2 Å². The second-order valence-electron chi connectivity index (χ2n) is 3.89. The van der Waals surface area contributed by atoms with Crippen molar-refractivity contribution in [3.05, 3.63) is 41.5 Å². The number of hydrogen-bond donors (Lipinski definition) is 1. The molecule has 0 spiro atoms. The van der Waals surface area contributed by atoms with Gasteiger partial charge in [0.05, 0.1) is 12.7 Å². The fourth-order valence-corrected chi connectivity index (χ4v) is 1.67. The Morgan fingerprint density at radius 3 is 2.76 bits per heavy atom. The molecule has 3 nitrogen and oxygen atoms in total. The van der Waals surface area contributed by atoms with Crippen LogP contribution >= 0.6 is 0 Å². The van der Waals surface area contributed by atoms with Crippen LogP contribution in [-0.4, -0.2) is 18.2 Å². The minimum atomic E-state index is -0.916. The standard InChI is InChI=1S/C14H18O3/c1-4-5-6-10(2)12-9-11(14(15)16)7-8-13(12)17-3/h5-10H,4H2,1-3H3,(H,15,16). The van der Waals surface area contributed by atoms with E-state index in [1.165, 1.54) is 0 Å². The second kappa shape index (κ2) is 6.09. The zero-order valence-electron chi connectivity index (χ0n) is 10.4. The van der Waals surface area contributed by atoms with E-state index >= 15 is 0 Å². The van der Waals surface area contributed by atoms with Crippen LogP contribution in [0.3, 0.4) is 0 Å². The lowest BCUT2D eigenvalue weighted by molar-refractivity contribution is 0.0696. The van der Waals surface area contributed by atoms with E-state index < -0.39 is 5.97 Å². The lowest BCUT2D eigenvalue weighted by atomic mass is 9.97. The topological polar surface area (TPSA) is 46.5 Å². The number of methoxy groups -OCH3 is 1. The first-order chi connectivity index (χ1) is 8.10. The van der Waals surface area contributed by atoms with E-state index in [1.807, 2.05) is 6.92 Å². The Balaban J connectivity index is 3.13. The molecule has 1 rings (SSSR count). The van der Waals surface area contributed by atoms with Crippen molar-refractivity contribution in [3.8, 4) is 5.75 Å². The molecule has 1 aromatic carbocycles. The number of rotatable bonds is 5. The second-order valence-corrected chi connectivity index (χ2v) is 3.89. The molecule has 1 atom stereocenters. The minimum absolute atomic E-state index is 0.143. The van der Waals surface area contributed by atoms with Crippen LogP contribution < -0.4 is 4.74 Å². The van der Waals surface area contributed by atoms with Crippen molar-refractivity contribution in [2.24, 2.45) is 0 Å². The van der Waals surface area contributed by atoms with Crippen LogP contribution in [0.15, 0.2) is 30.4 Å². The molecule has 0 bridgehead atoms. The molecule has 0 amide bonds. The van der Waals surface area contributed by atoms with Crippen LogP contribution in [0.4, 0.5) is 0 Å². The molecule has 0 aliphatic heterocycles. The van der Waals surface area contributed by atoms with Crippen molar-refractivity contribution in [1.82, 2.24) is 0 Å². The summed E-state index contributed by atoms with van der Waals surface area (Å²) in [4.78, 5) is 10.9. The average Bonchev–Trinajstić information content (AvgIpc) is 2.34. The predicted octanol–water partition coefficient (Wildman–Crippen LogP) is 3.46. The van der Waals surface area contributed by atoms with Crippen molar-refractivity contribution < 1.29 is 14.6 Å². The highest BCUT2D eigenvalue weighted by molar-refractivity contribution is 5.88. The largest absolute Gasteiger partial charge is 0.496 e. The molecule has 0 aliphatic carbocycles. The molecule has 92 valence electrons. The van der Waals surface area contributed by atoms with Crippen molar-refractivity contribution >= 4 is 5.97 Å². The van der Waals surface area contributed by atoms with Gasteiger partial charge in [0, 0.05) is 11.5 Å². The molecule has 1 unspecified atom stereocenters. The molecule has 1 N–H and O–H groups in total. The third kappa shape index (κ3) is 3.34. The Bertz CT molecular complexity index is 421. The maximum atomic E-state index is 10.9. The van der Waals surface area contributed by atoms with Crippen LogP contribution in [0.2, 0.25) is 0 Å². The summed E-state index contributed by atoms with van der Waals surface area (Å²) < 4.78 is 5.25. The fraction of sp³-hybridized carbons (Fsp3) is 0.357. The number of hydrogen-bond acceptors (Lipinski definition) is 2. The number of carboxylic acid groups (broad SMARTS) is 1. The number of carbonyl (C=O) groups is 1. The molecule has 1 aromatic rings.